The highest BCUT2D eigenvalue weighted by molar-refractivity contribution is 9.10. The second-order valence-electron chi connectivity index (χ2n) is 12.3. The maximum Gasteiger partial charge on any atom is 0.429 e. The van der Waals surface area contributed by atoms with Crippen molar-refractivity contribution in [3.63, 3.8) is 0 Å². The summed E-state index contributed by atoms with van der Waals surface area (Å²) in [6, 6.07) is 15.5. The Hall–Kier alpha value is -4.86. The molecule has 2 saturated heterocycles. The molecule has 16 heteroatoms. The number of nitrogen functional groups attached to an aromatic ring is 1. The third-order valence-corrected chi connectivity index (χ3v) is 9.36. The zero-order valence-electron chi connectivity index (χ0n) is 26.3. The molecule has 2 aliphatic heterocycles. The smallest absolute Gasteiger partial charge is 0.429 e. The van der Waals surface area contributed by atoms with Crippen LogP contribution in [0.1, 0.15) is 42.2 Å². The number of likely N-dealkylation sites (tertiary alicyclic amines) is 1. The summed E-state index contributed by atoms with van der Waals surface area (Å²) in [7, 11) is 0. The number of halogens is 4. The van der Waals surface area contributed by atoms with Crippen molar-refractivity contribution in [1.82, 2.24) is 24.6 Å². The number of carboxylic acids is 1. The summed E-state index contributed by atoms with van der Waals surface area (Å²) in [5.41, 5.74) is 6.87. The number of carbonyl (C=O) groups excluding carboxylic acids is 1. The van der Waals surface area contributed by atoms with Crippen molar-refractivity contribution in [2.45, 2.75) is 51.1 Å². The maximum absolute atomic E-state index is 14.6. The molecule has 0 saturated carbocycles. The van der Waals surface area contributed by atoms with Gasteiger partial charge in [0.25, 0.3) is 0 Å². The van der Waals surface area contributed by atoms with Gasteiger partial charge in [0.05, 0.1) is 11.4 Å². The molecule has 1 amide bonds. The Labute approximate surface area is 287 Å². The number of alkyl halides is 3. The largest absolute Gasteiger partial charge is 0.480 e. The predicted molar refractivity (Wildman–Crippen MR) is 175 cm³/mol. The van der Waals surface area contributed by atoms with Gasteiger partial charge in [-0.05, 0) is 61.4 Å². The van der Waals surface area contributed by atoms with E-state index in [1.54, 1.807) is 25.3 Å². The number of amides is 1. The van der Waals surface area contributed by atoms with Gasteiger partial charge in [-0.3, -0.25) is 4.90 Å². The molecule has 2 fully saturated rings. The first-order valence-electron chi connectivity index (χ1n) is 15.5. The molecule has 0 bridgehead atoms. The van der Waals surface area contributed by atoms with Gasteiger partial charge in [-0.15, -0.1) is 0 Å². The Morgan fingerprint density at radius 2 is 1.84 bits per heavy atom. The zero-order chi connectivity index (χ0) is 34.9. The molecule has 2 aliphatic rings. The van der Waals surface area contributed by atoms with Crippen molar-refractivity contribution in [1.29, 1.82) is 0 Å². The molecule has 2 atom stereocenters. The van der Waals surface area contributed by atoms with E-state index in [0.717, 1.165) is 5.56 Å². The summed E-state index contributed by atoms with van der Waals surface area (Å²) in [6.45, 7) is 2.71. The predicted octanol–water partition coefficient (Wildman–Crippen LogP) is 6.08. The summed E-state index contributed by atoms with van der Waals surface area (Å²) >= 11 is 3.27. The highest BCUT2D eigenvalue weighted by Gasteiger charge is 2.51. The third kappa shape index (κ3) is 7.58. The van der Waals surface area contributed by atoms with Gasteiger partial charge in [0.2, 0.25) is 17.9 Å². The van der Waals surface area contributed by atoms with E-state index in [-0.39, 0.29) is 48.5 Å². The Bertz CT molecular complexity index is 1830. The molecule has 4 heterocycles. The van der Waals surface area contributed by atoms with E-state index in [0.29, 0.717) is 36.1 Å². The molecule has 49 heavy (non-hydrogen) atoms. The van der Waals surface area contributed by atoms with Crippen LogP contribution in [0.15, 0.2) is 71.3 Å². The quantitative estimate of drug-likeness (QED) is 0.218. The number of carboxylic acid groups (broad SMARTS) is 1. The first-order valence-corrected chi connectivity index (χ1v) is 16.2. The summed E-state index contributed by atoms with van der Waals surface area (Å²) in [5, 5.41) is 14.2. The second kappa shape index (κ2) is 13.6. The summed E-state index contributed by atoms with van der Waals surface area (Å²) in [5.74, 6) is -1.49. The lowest BCUT2D eigenvalue weighted by Crippen LogP contribution is -2.43. The van der Waals surface area contributed by atoms with Gasteiger partial charge in [0, 0.05) is 41.9 Å². The standard InChI is InChI=1S/C33H33BrF3N7O5/c1-20-9-12-44(41-20)24-8-7-22(34)15-23(24)28(33(35,36)37)49-27-16-26(39-30(38)40-27)42-13-10-32(11-14-42)17-25(29(45)46)43(19-32)31(47)48-18-21-5-3-2-4-6-21/h2-9,12,15-16,25,28H,10-11,13-14,17-19H2,1H3,(H,45,46)(H2,38,39,40)/t25?,28-/m1/s1. The molecule has 0 radical (unpaired) electrons. The monoisotopic (exact) mass is 743 g/mol. The molecule has 4 aromatic rings. The van der Waals surface area contributed by atoms with Crippen LogP contribution in [-0.4, -0.2) is 73.7 Å². The Balaban J connectivity index is 1.18. The molecule has 2 aromatic carbocycles. The van der Waals surface area contributed by atoms with Gasteiger partial charge < -0.3 is 25.2 Å². The van der Waals surface area contributed by atoms with Gasteiger partial charge in [0.1, 0.15) is 18.5 Å². The minimum atomic E-state index is -4.84. The minimum Gasteiger partial charge on any atom is -0.480 e. The van der Waals surface area contributed by atoms with Crippen molar-refractivity contribution in [3.8, 4) is 11.6 Å². The van der Waals surface area contributed by atoms with E-state index >= 15 is 0 Å². The fourth-order valence-corrected chi connectivity index (χ4v) is 6.80. The van der Waals surface area contributed by atoms with Gasteiger partial charge in [-0.2, -0.15) is 28.2 Å². The van der Waals surface area contributed by atoms with Crippen molar-refractivity contribution in [2.75, 3.05) is 30.3 Å². The summed E-state index contributed by atoms with van der Waals surface area (Å²) in [4.78, 5) is 36.5. The number of nitrogens with zero attached hydrogens (tertiary/aromatic N) is 6. The molecule has 3 N–H and O–H groups in total. The fraction of sp³-hybridized carbons (Fsp3) is 0.364. The van der Waals surface area contributed by atoms with E-state index in [4.69, 9.17) is 15.2 Å². The molecule has 6 rings (SSSR count). The number of aromatic nitrogens is 4. The average Bonchev–Trinajstić information content (AvgIpc) is 3.66. The van der Waals surface area contributed by atoms with Crippen molar-refractivity contribution < 1.29 is 37.3 Å². The number of hydrogen-bond acceptors (Lipinski definition) is 9. The van der Waals surface area contributed by atoms with Gasteiger partial charge >= 0.3 is 18.2 Å². The molecule has 258 valence electrons. The number of hydrogen-bond donors (Lipinski definition) is 2. The van der Waals surface area contributed by atoms with Crippen LogP contribution < -0.4 is 15.4 Å². The molecule has 1 unspecified atom stereocenters. The number of aryl methyl sites for hydroxylation is 1. The van der Waals surface area contributed by atoms with Crippen LogP contribution in [0.25, 0.3) is 5.69 Å². The van der Waals surface area contributed by atoms with Crippen LogP contribution in [0.4, 0.5) is 29.7 Å². The van der Waals surface area contributed by atoms with Crippen molar-refractivity contribution in [2.24, 2.45) is 5.41 Å². The zero-order valence-corrected chi connectivity index (χ0v) is 27.9. The first-order chi connectivity index (χ1) is 23.3. The summed E-state index contributed by atoms with van der Waals surface area (Å²) < 4.78 is 56.7. The van der Waals surface area contributed by atoms with Crippen LogP contribution in [-0.2, 0) is 16.1 Å². The molecule has 2 aromatic heterocycles. The highest BCUT2D eigenvalue weighted by Crippen LogP contribution is 2.45. The fourth-order valence-electron chi connectivity index (χ4n) is 6.42. The molecular formula is C33H33BrF3N7O5. The van der Waals surface area contributed by atoms with Crippen molar-refractivity contribution >= 4 is 39.8 Å². The lowest BCUT2D eigenvalue weighted by molar-refractivity contribution is -0.198. The van der Waals surface area contributed by atoms with Crippen LogP contribution >= 0.6 is 15.9 Å². The van der Waals surface area contributed by atoms with Crippen LogP contribution in [0, 0.1) is 12.3 Å². The first kappa shape index (κ1) is 34.0. The van der Waals surface area contributed by atoms with E-state index in [1.165, 1.54) is 27.8 Å². The molecular weight excluding hydrogens is 711 g/mol. The number of anilines is 2. The maximum atomic E-state index is 14.6. The van der Waals surface area contributed by atoms with E-state index in [1.807, 2.05) is 35.2 Å². The normalized spacial score (nSPS) is 18.0. The summed E-state index contributed by atoms with van der Waals surface area (Å²) in [6.07, 6.45) is -5.16. The highest BCUT2D eigenvalue weighted by atomic mass is 79.9. The number of nitrogens with two attached hydrogens (primary N) is 1. The number of aliphatic carboxylic acids is 1. The number of ether oxygens (including phenoxy) is 2. The van der Waals surface area contributed by atoms with Gasteiger partial charge in [-0.1, -0.05) is 46.3 Å². The average molecular weight is 745 g/mol. The SMILES string of the molecule is Cc1ccn(-c2ccc(Br)cc2[C@@H](Oc2cc(N3CCC4(CC3)CC(C(=O)O)N(C(=O)OCc3ccccc3)C4)nc(N)n2)C(F)(F)F)n1. The third-order valence-electron chi connectivity index (χ3n) is 8.86. The van der Waals surface area contributed by atoms with Crippen molar-refractivity contribution in [3.05, 3.63) is 88.2 Å². The molecule has 1 spiro atoms. The number of rotatable bonds is 8. The van der Waals surface area contributed by atoms with Crippen LogP contribution in [0.3, 0.4) is 0 Å². The Kier molecular flexibility index (Phi) is 9.42. The van der Waals surface area contributed by atoms with E-state index in [2.05, 4.69) is 31.0 Å². The van der Waals surface area contributed by atoms with E-state index < -0.39 is 35.8 Å². The topological polar surface area (TPSA) is 149 Å². The second-order valence-corrected chi connectivity index (χ2v) is 13.2. The molecule has 12 nitrogen and oxygen atoms in total. The van der Waals surface area contributed by atoms with Gasteiger partial charge in [0.15, 0.2) is 0 Å². The number of benzene rings is 2. The lowest BCUT2D eigenvalue weighted by atomic mass is 9.76. The van der Waals surface area contributed by atoms with Gasteiger partial charge in [-0.25, -0.2) is 14.3 Å². The lowest BCUT2D eigenvalue weighted by Gasteiger charge is -2.39. The Morgan fingerprint density at radius 3 is 2.49 bits per heavy atom. The number of carbonyl (C=O) groups is 2. The van der Waals surface area contributed by atoms with Crippen LogP contribution in [0.5, 0.6) is 5.88 Å². The minimum absolute atomic E-state index is 0.0177. The Morgan fingerprint density at radius 1 is 1.10 bits per heavy atom. The van der Waals surface area contributed by atoms with Crippen LogP contribution in [0.2, 0.25) is 0 Å². The van der Waals surface area contributed by atoms with E-state index in [9.17, 15) is 27.9 Å². The number of piperidine rings is 1. The molecule has 0 aliphatic carbocycles.